The molecule has 172 valence electrons. The van der Waals surface area contributed by atoms with Gasteiger partial charge in [0.05, 0.1) is 11.3 Å². The van der Waals surface area contributed by atoms with E-state index in [4.69, 9.17) is 0 Å². The number of nitrogens with zero attached hydrogens (tertiary/aromatic N) is 4. The minimum absolute atomic E-state index is 0.197. The lowest BCUT2D eigenvalue weighted by Crippen LogP contribution is -2.44. The summed E-state index contributed by atoms with van der Waals surface area (Å²) in [7, 11) is 0. The number of ether oxygens (including phenoxy) is 1. The highest BCUT2D eigenvalue weighted by Crippen LogP contribution is 2.45. The van der Waals surface area contributed by atoms with Crippen LogP contribution in [0, 0.1) is 0 Å². The third-order valence-electron chi connectivity index (χ3n) is 5.25. The van der Waals surface area contributed by atoms with Crippen molar-refractivity contribution in [1.29, 1.82) is 0 Å². The molecule has 0 radical (unpaired) electrons. The predicted molar refractivity (Wildman–Crippen MR) is 103 cm³/mol. The van der Waals surface area contributed by atoms with E-state index in [9.17, 15) is 26.7 Å². The number of carbonyl (C=O) groups is 1. The Morgan fingerprint density at radius 3 is 2.53 bits per heavy atom. The molecule has 2 aromatic rings. The largest absolute Gasteiger partial charge is 0.431 e. The van der Waals surface area contributed by atoms with E-state index in [1.807, 2.05) is 0 Å². The normalized spacial score (nSPS) is 19.2. The van der Waals surface area contributed by atoms with Crippen molar-refractivity contribution in [2.45, 2.75) is 31.5 Å². The van der Waals surface area contributed by atoms with Gasteiger partial charge in [0.1, 0.15) is 23.7 Å². The SMILES string of the molecule is CCC(F)(F)c1cc(-c2ncnc3c2[C@H](C(F)(F)F)OC(=O)N3)nc(N2CCNCC2)c1. The minimum atomic E-state index is -4.97. The van der Waals surface area contributed by atoms with Crippen LogP contribution in [0.5, 0.6) is 0 Å². The molecule has 2 aromatic heterocycles. The molecule has 8 nitrogen and oxygen atoms in total. The zero-order chi connectivity index (χ0) is 23.1. The Balaban J connectivity index is 1.91. The Morgan fingerprint density at radius 2 is 1.88 bits per heavy atom. The van der Waals surface area contributed by atoms with Gasteiger partial charge in [-0.2, -0.15) is 13.2 Å². The third kappa shape index (κ3) is 4.16. The van der Waals surface area contributed by atoms with E-state index < -0.39 is 47.7 Å². The number of nitrogens with one attached hydrogen (secondary N) is 2. The number of piperazine rings is 1. The van der Waals surface area contributed by atoms with Crippen molar-refractivity contribution in [1.82, 2.24) is 20.3 Å². The Morgan fingerprint density at radius 1 is 1.16 bits per heavy atom. The number of rotatable bonds is 4. The van der Waals surface area contributed by atoms with Crippen molar-refractivity contribution in [2.24, 2.45) is 0 Å². The third-order valence-corrected chi connectivity index (χ3v) is 5.25. The lowest BCUT2D eigenvalue weighted by atomic mass is 10.00. The van der Waals surface area contributed by atoms with Crippen LogP contribution in [0.4, 0.5) is 38.4 Å². The number of fused-ring (bicyclic) bond motifs is 1. The van der Waals surface area contributed by atoms with Gasteiger partial charge in [0.25, 0.3) is 5.92 Å². The Hall–Kier alpha value is -3.09. The molecule has 2 N–H and O–H groups in total. The van der Waals surface area contributed by atoms with Gasteiger partial charge in [0, 0.05) is 38.2 Å². The Bertz CT molecular complexity index is 1030. The van der Waals surface area contributed by atoms with Crippen molar-refractivity contribution >= 4 is 17.7 Å². The highest BCUT2D eigenvalue weighted by molar-refractivity contribution is 5.88. The van der Waals surface area contributed by atoms with E-state index >= 15 is 0 Å². The van der Waals surface area contributed by atoms with Crippen molar-refractivity contribution in [2.75, 3.05) is 36.4 Å². The second kappa shape index (κ2) is 8.11. The maximum atomic E-state index is 14.6. The zero-order valence-corrected chi connectivity index (χ0v) is 16.8. The number of hydrogen-bond donors (Lipinski definition) is 2. The monoisotopic (exact) mass is 458 g/mol. The lowest BCUT2D eigenvalue weighted by molar-refractivity contribution is -0.206. The van der Waals surface area contributed by atoms with Crippen molar-refractivity contribution < 1.29 is 31.5 Å². The molecule has 1 saturated heterocycles. The second-order valence-corrected chi connectivity index (χ2v) is 7.33. The molecule has 4 rings (SSSR count). The summed E-state index contributed by atoms with van der Waals surface area (Å²) in [6, 6.07) is 2.26. The summed E-state index contributed by atoms with van der Waals surface area (Å²) in [5.74, 6) is -3.45. The van der Waals surface area contributed by atoms with E-state index in [1.165, 1.54) is 13.0 Å². The van der Waals surface area contributed by atoms with Gasteiger partial charge in [-0.15, -0.1) is 0 Å². The van der Waals surface area contributed by atoms with Gasteiger partial charge < -0.3 is 15.0 Å². The molecule has 0 aliphatic carbocycles. The van der Waals surface area contributed by atoms with E-state index in [0.717, 1.165) is 12.4 Å². The maximum Gasteiger partial charge on any atom is 0.430 e. The molecule has 0 aromatic carbocycles. The van der Waals surface area contributed by atoms with Crippen LogP contribution >= 0.6 is 0 Å². The first-order valence-electron chi connectivity index (χ1n) is 9.86. The van der Waals surface area contributed by atoms with E-state index in [-0.39, 0.29) is 17.2 Å². The fourth-order valence-electron chi connectivity index (χ4n) is 3.58. The smallest absolute Gasteiger partial charge is 0.430 e. The highest BCUT2D eigenvalue weighted by Gasteiger charge is 2.50. The van der Waals surface area contributed by atoms with Gasteiger partial charge in [-0.1, -0.05) is 6.92 Å². The van der Waals surface area contributed by atoms with E-state index in [1.54, 1.807) is 4.90 Å². The number of aromatic nitrogens is 3. The average Bonchev–Trinajstić information content (AvgIpc) is 2.77. The summed E-state index contributed by atoms with van der Waals surface area (Å²) in [4.78, 5) is 25.3. The van der Waals surface area contributed by atoms with Crippen molar-refractivity contribution in [3.05, 3.63) is 29.6 Å². The number of halogens is 5. The number of anilines is 2. The van der Waals surface area contributed by atoms with Crippen LogP contribution in [0.3, 0.4) is 0 Å². The summed E-state index contributed by atoms with van der Waals surface area (Å²) < 4.78 is 74.7. The average molecular weight is 458 g/mol. The molecule has 13 heteroatoms. The highest BCUT2D eigenvalue weighted by atomic mass is 19.4. The molecule has 1 atom stereocenters. The van der Waals surface area contributed by atoms with Gasteiger partial charge in [-0.05, 0) is 12.1 Å². The van der Waals surface area contributed by atoms with Crippen LogP contribution in [0.15, 0.2) is 18.5 Å². The molecule has 0 spiro atoms. The second-order valence-electron chi connectivity index (χ2n) is 7.33. The molecular formula is C19H19F5N6O2. The molecule has 2 aliphatic heterocycles. The van der Waals surface area contributed by atoms with E-state index in [0.29, 0.717) is 26.2 Å². The van der Waals surface area contributed by atoms with Gasteiger partial charge in [-0.3, -0.25) is 5.32 Å². The number of pyridine rings is 1. The fourth-order valence-corrected chi connectivity index (χ4v) is 3.58. The standard InChI is InChI=1S/C19H19F5N6O2/c1-2-18(20,21)10-7-11(28-12(8-10)30-5-3-25-4-6-30)14-13-15(19(22,23)24)32-17(31)29-16(13)27-9-26-14/h7-9,15,25H,2-6H2,1H3,(H,26,27,29,31)/t15-/m1/s1. The summed E-state index contributed by atoms with van der Waals surface area (Å²) in [5, 5.41) is 5.23. The number of amides is 1. The quantitative estimate of drug-likeness (QED) is 0.677. The van der Waals surface area contributed by atoms with Crippen LogP contribution < -0.4 is 15.5 Å². The fraction of sp³-hybridized carbons (Fsp3) is 0.474. The van der Waals surface area contributed by atoms with Gasteiger partial charge in [-0.25, -0.2) is 28.5 Å². The number of hydrogen-bond acceptors (Lipinski definition) is 7. The van der Waals surface area contributed by atoms with Crippen LogP contribution in [0.2, 0.25) is 0 Å². The van der Waals surface area contributed by atoms with Crippen LogP contribution in [-0.4, -0.2) is 53.4 Å². The van der Waals surface area contributed by atoms with E-state index in [2.05, 4.69) is 30.3 Å². The maximum absolute atomic E-state index is 14.6. The summed E-state index contributed by atoms with van der Waals surface area (Å²) in [6.07, 6.45) is -8.54. The lowest BCUT2D eigenvalue weighted by Gasteiger charge is -2.30. The van der Waals surface area contributed by atoms with Gasteiger partial charge in [0.2, 0.25) is 6.10 Å². The number of cyclic esters (lactones) is 1. The topological polar surface area (TPSA) is 92.3 Å². The molecule has 0 unspecified atom stereocenters. The first-order valence-corrected chi connectivity index (χ1v) is 9.86. The van der Waals surface area contributed by atoms with Crippen LogP contribution in [0.1, 0.15) is 30.6 Å². The summed E-state index contributed by atoms with van der Waals surface area (Å²) >= 11 is 0. The first kappa shape index (κ1) is 22.1. The van der Waals surface area contributed by atoms with Crippen LogP contribution in [0.25, 0.3) is 11.4 Å². The molecule has 32 heavy (non-hydrogen) atoms. The Kier molecular flexibility index (Phi) is 5.61. The summed E-state index contributed by atoms with van der Waals surface area (Å²) in [6.45, 7) is 3.48. The number of alkyl halides is 5. The molecule has 2 aliphatic rings. The summed E-state index contributed by atoms with van der Waals surface area (Å²) in [5.41, 5.74) is -1.52. The molecule has 1 fully saturated rings. The van der Waals surface area contributed by atoms with Gasteiger partial charge in [0.15, 0.2) is 0 Å². The van der Waals surface area contributed by atoms with Crippen molar-refractivity contribution in [3.63, 3.8) is 0 Å². The molecule has 4 heterocycles. The van der Waals surface area contributed by atoms with Crippen molar-refractivity contribution in [3.8, 4) is 11.4 Å². The molecule has 1 amide bonds. The molecular weight excluding hydrogens is 439 g/mol. The Labute approximate surface area is 179 Å². The number of carbonyl (C=O) groups excluding carboxylic acids is 1. The predicted octanol–water partition coefficient (Wildman–Crippen LogP) is 3.62. The zero-order valence-electron chi connectivity index (χ0n) is 16.8. The van der Waals surface area contributed by atoms with Gasteiger partial charge >= 0.3 is 12.3 Å². The minimum Gasteiger partial charge on any atom is -0.431 e. The molecule has 0 saturated carbocycles. The van der Waals surface area contributed by atoms with Crippen LogP contribution in [-0.2, 0) is 10.7 Å². The molecule has 0 bridgehead atoms. The first-order chi connectivity index (χ1) is 15.1.